The molecule has 9 heteroatoms. The summed E-state index contributed by atoms with van der Waals surface area (Å²) in [6.45, 7) is 3.79. The first-order chi connectivity index (χ1) is 14.5. The number of aryl methyl sites for hydroxylation is 2. The first-order valence-corrected chi connectivity index (χ1v) is 10.4. The zero-order valence-electron chi connectivity index (χ0n) is 16.7. The molecule has 150 valence electrons. The highest BCUT2D eigenvalue weighted by atomic mass is 32.1. The molecule has 1 unspecified atom stereocenters. The van der Waals surface area contributed by atoms with Crippen molar-refractivity contribution in [3.8, 4) is 10.6 Å². The number of hydrogen-bond acceptors (Lipinski definition) is 6. The zero-order chi connectivity index (χ0) is 20.8. The third-order valence-corrected chi connectivity index (χ3v) is 5.95. The molecule has 0 aliphatic heterocycles. The highest BCUT2D eigenvalue weighted by Gasteiger charge is 2.22. The molecule has 5 aromatic rings. The van der Waals surface area contributed by atoms with Crippen LogP contribution in [0.15, 0.2) is 48.0 Å². The predicted octanol–water partition coefficient (Wildman–Crippen LogP) is 3.54. The molecule has 5 rings (SSSR count). The summed E-state index contributed by atoms with van der Waals surface area (Å²) in [6, 6.07) is 11.2. The second-order valence-corrected chi connectivity index (χ2v) is 8.07. The Bertz CT molecular complexity index is 1380. The van der Waals surface area contributed by atoms with Crippen LogP contribution in [0.1, 0.15) is 34.8 Å². The number of pyridine rings is 2. The van der Waals surface area contributed by atoms with E-state index in [0.29, 0.717) is 17.0 Å². The molecule has 0 aliphatic carbocycles. The number of nitrogens with one attached hydrogen (secondary N) is 1. The average molecular weight is 417 g/mol. The maximum atomic E-state index is 13.4. The van der Waals surface area contributed by atoms with Gasteiger partial charge in [0.05, 0.1) is 33.3 Å². The van der Waals surface area contributed by atoms with E-state index in [1.807, 2.05) is 73.3 Å². The minimum absolute atomic E-state index is 0.198. The molecule has 5 aromatic heterocycles. The highest BCUT2D eigenvalue weighted by Crippen LogP contribution is 2.29. The number of thiophene rings is 1. The number of fused-ring (bicyclic) bond motifs is 2. The van der Waals surface area contributed by atoms with E-state index in [1.54, 1.807) is 16.0 Å². The van der Waals surface area contributed by atoms with Crippen LogP contribution >= 0.6 is 11.3 Å². The Balaban J connectivity index is 1.57. The zero-order valence-corrected chi connectivity index (χ0v) is 17.5. The monoisotopic (exact) mass is 417 g/mol. The van der Waals surface area contributed by atoms with Crippen molar-refractivity contribution in [1.82, 2.24) is 34.7 Å². The van der Waals surface area contributed by atoms with Crippen LogP contribution < -0.4 is 5.32 Å². The maximum absolute atomic E-state index is 13.4. The molecule has 0 bridgehead atoms. The van der Waals surface area contributed by atoms with Crippen LogP contribution in [0.3, 0.4) is 0 Å². The molecule has 5 heterocycles. The lowest BCUT2D eigenvalue weighted by Gasteiger charge is -2.14. The van der Waals surface area contributed by atoms with Crippen LogP contribution in [0.25, 0.3) is 27.3 Å². The summed E-state index contributed by atoms with van der Waals surface area (Å²) in [6.07, 6.45) is 1.89. The Morgan fingerprint density at radius 2 is 2.07 bits per heavy atom. The number of amides is 1. The Labute approximate surface area is 176 Å². The van der Waals surface area contributed by atoms with Crippen molar-refractivity contribution in [2.75, 3.05) is 0 Å². The summed E-state index contributed by atoms with van der Waals surface area (Å²) in [5.74, 6) is 0.474. The van der Waals surface area contributed by atoms with Gasteiger partial charge in [0.25, 0.3) is 5.91 Å². The van der Waals surface area contributed by atoms with Crippen LogP contribution in [0, 0.1) is 6.92 Å². The minimum atomic E-state index is -0.333. The van der Waals surface area contributed by atoms with E-state index < -0.39 is 0 Å². The van der Waals surface area contributed by atoms with Gasteiger partial charge in [0.15, 0.2) is 17.1 Å². The van der Waals surface area contributed by atoms with E-state index in [2.05, 4.69) is 20.6 Å². The molecule has 1 atom stereocenters. The molecular formula is C21H19N7OS. The molecule has 0 spiro atoms. The third-order valence-electron chi connectivity index (χ3n) is 5.06. The van der Waals surface area contributed by atoms with Crippen molar-refractivity contribution in [3.05, 3.63) is 65.1 Å². The first-order valence-electron chi connectivity index (χ1n) is 9.51. The molecule has 1 amide bonds. The molecular weight excluding hydrogens is 398 g/mol. The van der Waals surface area contributed by atoms with Crippen LogP contribution in [-0.2, 0) is 7.05 Å². The molecule has 8 nitrogen and oxygen atoms in total. The van der Waals surface area contributed by atoms with Gasteiger partial charge in [-0.05, 0) is 43.5 Å². The smallest absolute Gasteiger partial charge is 0.252 e. The van der Waals surface area contributed by atoms with Gasteiger partial charge in [0, 0.05) is 13.2 Å². The number of nitrogens with zero attached hydrogens (tertiary/aromatic N) is 6. The first kappa shape index (κ1) is 18.4. The van der Waals surface area contributed by atoms with Crippen LogP contribution in [0.4, 0.5) is 0 Å². The van der Waals surface area contributed by atoms with Gasteiger partial charge in [0.2, 0.25) is 0 Å². The van der Waals surface area contributed by atoms with E-state index in [0.717, 1.165) is 27.3 Å². The van der Waals surface area contributed by atoms with Crippen molar-refractivity contribution in [2.24, 2.45) is 7.05 Å². The van der Waals surface area contributed by atoms with Crippen LogP contribution in [0.2, 0.25) is 0 Å². The number of hydrogen-bond donors (Lipinski definition) is 1. The topological polar surface area (TPSA) is 90.0 Å². The molecule has 0 fully saturated rings. The van der Waals surface area contributed by atoms with Crippen molar-refractivity contribution in [1.29, 1.82) is 0 Å². The van der Waals surface area contributed by atoms with Crippen molar-refractivity contribution < 1.29 is 4.79 Å². The SMILES string of the molecule is Cc1nn(C)c2nc(-c3cccs3)cc(C(=O)NC(C)c3nnc4ccccn34)c12. The summed E-state index contributed by atoms with van der Waals surface area (Å²) in [5, 5.41) is 18.7. The second-order valence-electron chi connectivity index (χ2n) is 7.12. The van der Waals surface area contributed by atoms with E-state index >= 15 is 0 Å². The third kappa shape index (κ3) is 2.94. The largest absolute Gasteiger partial charge is 0.342 e. The number of rotatable bonds is 4. The number of carbonyl (C=O) groups excluding carboxylic acids is 1. The molecule has 0 radical (unpaired) electrons. The maximum Gasteiger partial charge on any atom is 0.252 e. The molecule has 0 saturated carbocycles. The van der Waals surface area contributed by atoms with Gasteiger partial charge in [0.1, 0.15) is 0 Å². The van der Waals surface area contributed by atoms with E-state index in [-0.39, 0.29) is 11.9 Å². The Morgan fingerprint density at radius 3 is 2.87 bits per heavy atom. The quantitative estimate of drug-likeness (QED) is 0.483. The van der Waals surface area contributed by atoms with Crippen molar-refractivity contribution in [2.45, 2.75) is 19.9 Å². The molecule has 0 aliphatic rings. The van der Waals surface area contributed by atoms with Crippen LogP contribution in [0.5, 0.6) is 0 Å². The fraction of sp³-hybridized carbons (Fsp3) is 0.190. The second kappa shape index (κ2) is 7.03. The van der Waals surface area contributed by atoms with Gasteiger partial charge >= 0.3 is 0 Å². The fourth-order valence-corrected chi connectivity index (χ4v) is 4.35. The summed E-state index contributed by atoms with van der Waals surface area (Å²) < 4.78 is 3.59. The van der Waals surface area contributed by atoms with E-state index in [4.69, 9.17) is 4.98 Å². The lowest BCUT2D eigenvalue weighted by atomic mass is 10.1. The minimum Gasteiger partial charge on any atom is -0.342 e. The Kier molecular flexibility index (Phi) is 4.32. The van der Waals surface area contributed by atoms with E-state index in [9.17, 15) is 4.79 Å². The fourth-order valence-electron chi connectivity index (χ4n) is 3.67. The molecule has 0 saturated heterocycles. The summed E-state index contributed by atoms with van der Waals surface area (Å²) in [4.78, 5) is 19.1. The van der Waals surface area contributed by atoms with Crippen LogP contribution in [-0.4, -0.2) is 35.3 Å². The van der Waals surface area contributed by atoms with Gasteiger partial charge in [-0.15, -0.1) is 21.5 Å². The van der Waals surface area contributed by atoms with Crippen molar-refractivity contribution in [3.63, 3.8) is 0 Å². The predicted molar refractivity (Wildman–Crippen MR) is 115 cm³/mol. The average Bonchev–Trinajstić information content (AvgIpc) is 3.47. The molecule has 30 heavy (non-hydrogen) atoms. The Hall–Kier alpha value is -3.59. The van der Waals surface area contributed by atoms with Gasteiger partial charge in [-0.25, -0.2) is 4.98 Å². The molecule has 0 aromatic carbocycles. The van der Waals surface area contributed by atoms with Gasteiger partial charge in [-0.3, -0.25) is 13.9 Å². The van der Waals surface area contributed by atoms with Gasteiger partial charge in [-0.1, -0.05) is 12.1 Å². The molecule has 1 N–H and O–H groups in total. The van der Waals surface area contributed by atoms with Crippen molar-refractivity contribution >= 4 is 33.9 Å². The Morgan fingerprint density at radius 1 is 1.20 bits per heavy atom. The van der Waals surface area contributed by atoms with E-state index in [1.165, 1.54) is 0 Å². The standard InChI is InChI=1S/C21H19N7OS/c1-12-18-14(11-15(16-7-6-10-30-16)23-20(18)27(3)26-12)21(29)22-13(2)19-25-24-17-8-4-5-9-28(17)19/h4-11,13H,1-3H3,(H,22,29). The van der Waals surface area contributed by atoms with Gasteiger partial charge in [-0.2, -0.15) is 5.10 Å². The number of carbonyl (C=O) groups is 1. The lowest BCUT2D eigenvalue weighted by molar-refractivity contribution is 0.0939. The van der Waals surface area contributed by atoms with Gasteiger partial charge < -0.3 is 5.32 Å². The summed E-state index contributed by atoms with van der Waals surface area (Å²) in [5.41, 5.74) is 3.50. The normalized spacial score (nSPS) is 12.5. The number of aromatic nitrogens is 6. The lowest BCUT2D eigenvalue weighted by Crippen LogP contribution is -2.28. The summed E-state index contributed by atoms with van der Waals surface area (Å²) in [7, 11) is 1.84. The summed E-state index contributed by atoms with van der Waals surface area (Å²) >= 11 is 1.59. The highest BCUT2D eigenvalue weighted by molar-refractivity contribution is 7.13.